The van der Waals surface area contributed by atoms with E-state index in [0.29, 0.717) is 11.1 Å². The van der Waals surface area contributed by atoms with E-state index in [4.69, 9.17) is 37.9 Å². The van der Waals surface area contributed by atoms with Gasteiger partial charge in [-0.05, 0) is 69.4 Å². The standard InChI is InChI=1S/C46H63NO15/c1-13-32-58-30-20-31-45(22-55-31,61-26(6)49)36-38(60-39(51)27-17-15-14-16-18-27)46(54)21-29(57-40(52)34(50)28(19-23(2)3)47-41(53)62-42(7,8)9)24(4)33(43(46,10)11)35(56-25(5)48)37(59-32)44(30,36)12/h13-18,23,28-32,34-38,50,54H,1,19-22H2,2-12H3,(H,47,53)/t28-,29-,30-,31+,32?,34-,35-,36-,37-,38-,44+,45-,46+/m0/s1. The summed E-state index contributed by atoms with van der Waals surface area (Å²) < 4.78 is 50.2. The maximum atomic E-state index is 14.4. The summed E-state index contributed by atoms with van der Waals surface area (Å²) in [6, 6.07) is 7.04. The lowest BCUT2D eigenvalue weighted by Crippen LogP contribution is -2.83. The zero-order valence-electron chi connectivity index (χ0n) is 37.6. The molecule has 6 rings (SSSR count). The van der Waals surface area contributed by atoms with E-state index >= 15 is 0 Å². The van der Waals surface area contributed by atoms with Crippen LogP contribution < -0.4 is 5.32 Å². The molecule has 1 aromatic carbocycles. The van der Waals surface area contributed by atoms with E-state index < -0.39 is 125 Å². The van der Waals surface area contributed by atoms with Gasteiger partial charge in [-0.15, -0.1) is 0 Å². The number of fused-ring (bicyclic) bond motifs is 4. The highest BCUT2D eigenvalue weighted by molar-refractivity contribution is 5.89. The second-order valence-electron chi connectivity index (χ2n) is 19.5. The van der Waals surface area contributed by atoms with Crippen molar-refractivity contribution >= 4 is 30.0 Å². The first-order valence-electron chi connectivity index (χ1n) is 21.3. The molecule has 0 aromatic heterocycles. The van der Waals surface area contributed by atoms with Crippen LogP contribution in [0.4, 0.5) is 4.79 Å². The number of alkyl carbamates (subject to hydrolysis) is 1. The number of aliphatic hydroxyl groups excluding tert-OH is 1. The Morgan fingerprint density at radius 3 is 2.19 bits per heavy atom. The van der Waals surface area contributed by atoms with Gasteiger partial charge in [-0.2, -0.15) is 0 Å². The van der Waals surface area contributed by atoms with Crippen LogP contribution in [0.1, 0.15) is 106 Å². The van der Waals surface area contributed by atoms with Crippen molar-refractivity contribution in [2.45, 2.75) is 167 Å². The van der Waals surface area contributed by atoms with Gasteiger partial charge in [0.15, 0.2) is 24.1 Å². The molecule has 16 heteroatoms. The minimum atomic E-state index is -2.23. The van der Waals surface area contributed by atoms with Crippen molar-refractivity contribution in [3.8, 4) is 0 Å². The Hall–Kier alpha value is -4.35. The summed E-state index contributed by atoms with van der Waals surface area (Å²) >= 11 is 0. The Kier molecular flexibility index (Phi) is 12.9. The molecule has 16 nitrogen and oxygen atoms in total. The molecule has 5 aliphatic rings. The van der Waals surface area contributed by atoms with Crippen LogP contribution >= 0.6 is 0 Å². The van der Waals surface area contributed by atoms with Gasteiger partial charge in [0.05, 0.1) is 30.2 Å². The van der Waals surface area contributed by atoms with E-state index in [-0.39, 0.29) is 30.9 Å². The third-order valence-corrected chi connectivity index (χ3v) is 13.4. The summed E-state index contributed by atoms with van der Waals surface area (Å²) in [5, 5.41) is 28.1. The molecular formula is C46H63NO15. The van der Waals surface area contributed by atoms with Crippen LogP contribution in [-0.4, -0.2) is 119 Å². The molecule has 0 spiro atoms. The molecule has 2 saturated heterocycles. The van der Waals surface area contributed by atoms with E-state index in [2.05, 4.69) is 11.9 Å². The summed E-state index contributed by atoms with van der Waals surface area (Å²) in [6.07, 6.45) is -9.36. The molecule has 1 amide bonds. The zero-order valence-corrected chi connectivity index (χ0v) is 37.6. The molecule has 1 unspecified atom stereocenters. The van der Waals surface area contributed by atoms with Crippen molar-refractivity contribution in [2.75, 3.05) is 6.61 Å². The number of amides is 1. The lowest BCUT2D eigenvalue weighted by molar-refractivity contribution is -0.405. The van der Waals surface area contributed by atoms with E-state index in [1.165, 1.54) is 19.9 Å². The number of carbonyl (C=O) groups is 5. The fourth-order valence-electron chi connectivity index (χ4n) is 10.7. The molecule has 3 N–H and O–H groups in total. The highest BCUT2D eigenvalue weighted by atomic mass is 16.7. The topological polar surface area (TPSA) is 212 Å². The van der Waals surface area contributed by atoms with E-state index in [1.807, 2.05) is 20.8 Å². The van der Waals surface area contributed by atoms with Crippen LogP contribution in [0.2, 0.25) is 0 Å². The van der Waals surface area contributed by atoms with Gasteiger partial charge in [-0.25, -0.2) is 14.4 Å². The van der Waals surface area contributed by atoms with Crippen LogP contribution in [0.5, 0.6) is 0 Å². The summed E-state index contributed by atoms with van der Waals surface area (Å²) in [7, 11) is 0. The van der Waals surface area contributed by atoms with Gasteiger partial charge in [0.25, 0.3) is 0 Å². The number of aliphatic hydroxyl groups is 2. The van der Waals surface area contributed by atoms with Gasteiger partial charge in [0.2, 0.25) is 0 Å². The predicted molar refractivity (Wildman–Crippen MR) is 220 cm³/mol. The van der Waals surface area contributed by atoms with E-state index in [9.17, 15) is 34.2 Å². The minimum Gasteiger partial charge on any atom is -0.456 e. The zero-order chi connectivity index (χ0) is 45.9. The van der Waals surface area contributed by atoms with Crippen molar-refractivity contribution in [1.82, 2.24) is 5.32 Å². The molecule has 2 bridgehead atoms. The van der Waals surface area contributed by atoms with E-state index in [0.717, 1.165) is 0 Å². The molecule has 3 aliphatic carbocycles. The maximum Gasteiger partial charge on any atom is 0.407 e. The van der Waals surface area contributed by atoms with Crippen molar-refractivity contribution in [1.29, 1.82) is 0 Å². The summed E-state index contributed by atoms with van der Waals surface area (Å²) in [6.45, 7) is 21.9. The molecule has 4 fully saturated rings. The predicted octanol–water partition coefficient (Wildman–Crippen LogP) is 4.87. The molecule has 0 radical (unpaired) electrons. The van der Waals surface area contributed by atoms with Crippen molar-refractivity contribution < 1.29 is 72.1 Å². The third kappa shape index (κ3) is 8.28. The number of benzene rings is 1. The van der Waals surface area contributed by atoms with Gasteiger partial charge in [-0.3, -0.25) is 9.59 Å². The Balaban J connectivity index is 1.57. The van der Waals surface area contributed by atoms with Crippen LogP contribution in [0.15, 0.2) is 54.1 Å². The molecule has 342 valence electrons. The summed E-state index contributed by atoms with van der Waals surface area (Å²) in [5.74, 6) is -4.57. The minimum absolute atomic E-state index is 0.0926. The first-order chi connectivity index (χ1) is 28.8. The van der Waals surface area contributed by atoms with Crippen molar-refractivity contribution in [3.63, 3.8) is 0 Å². The van der Waals surface area contributed by atoms with Gasteiger partial charge < -0.3 is 53.4 Å². The number of ether oxygens (including phenoxy) is 8. The molecule has 62 heavy (non-hydrogen) atoms. The average Bonchev–Trinajstić information content (AvgIpc) is 3.15. The SMILES string of the molecule is C=CC1O[C@H]2C[C@H]3OC[C@@]3(OC(C)=O)[C@H]3[C@H](OC(=O)c4ccccc4)[C@]4(O)C[C@H](OC(=O)[C@@H](O)[C@H](CC(C)C)NC(=O)OC(C)(C)C)C(C)=C([C@H](OC(C)=O)[C@H](O1)[C@]23C)C4(C)C. The number of nitrogens with one attached hydrogen (secondary N) is 1. The largest absolute Gasteiger partial charge is 0.456 e. The number of carbonyl (C=O) groups excluding carboxylic acids is 5. The average molecular weight is 870 g/mol. The molecule has 2 aliphatic heterocycles. The van der Waals surface area contributed by atoms with Crippen LogP contribution in [0.25, 0.3) is 0 Å². The van der Waals surface area contributed by atoms with Crippen LogP contribution in [0.3, 0.4) is 0 Å². The van der Waals surface area contributed by atoms with E-state index in [1.54, 1.807) is 71.9 Å². The summed E-state index contributed by atoms with van der Waals surface area (Å²) in [5.41, 5.74) is -6.65. The Bertz CT molecular complexity index is 1960. The van der Waals surface area contributed by atoms with Gasteiger partial charge in [0.1, 0.15) is 35.6 Å². The smallest absolute Gasteiger partial charge is 0.407 e. The van der Waals surface area contributed by atoms with Gasteiger partial charge in [0, 0.05) is 37.5 Å². The highest BCUT2D eigenvalue weighted by Crippen LogP contribution is 2.67. The van der Waals surface area contributed by atoms with Gasteiger partial charge in [-0.1, -0.05) is 59.4 Å². The Morgan fingerprint density at radius 1 is 0.984 bits per heavy atom. The molecule has 2 heterocycles. The number of hydrogen-bond acceptors (Lipinski definition) is 15. The fourth-order valence-corrected chi connectivity index (χ4v) is 10.7. The molecule has 1 aromatic rings. The maximum absolute atomic E-state index is 14.4. The quantitative estimate of drug-likeness (QED) is 0.154. The number of esters is 4. The van der Waals surface area contributed by atoms with Crippen molar-refractivity contribution in [3.05, 3.63) is 59.7 Å². The third-order valence-electron chi connectivity index (χ3n) is 13.4. The fraction of sp³-hybridized carbons (Fsp3) is 0.674. The Labute approximate surface area is 362 Å². The first kappa shape index (κ1) is 47.1. The van der Waals surface area contributed by atoms with Crippen LogP contribution in [0, 0.1) is 22.7 Å². The first-order valence-corrected chi connectivity index (χ1v) is 21.3. The number of hydrogen-bond donors (Lipinski definition) is 3. The highest BCUT2D eigenvalue weighted by Gasteiger charge is 2.79. The lowest BCUT2D eigenvalue weighted by Gasteiger charge is -2.71. The van der Waals surface area contributed by atoms with Gasteiger partial charge >= 0.3 is 30.0 Å². The normalized spacial score (nSPS) is 35.5. The lowest BCUT2D eigenvalue weighted by atomic mass is 9.44. The second-order valence-corrected chi connectivity index (χ2v) is 19.5. The Morgan fingerprint density at radius 2 is 1.65 bits per heavy atom. The molecule has 13 atom stereocenters. The van der Waals surface area contributed by atoms with Crippen LogP contribution in [-0.2, 0) is 52.3 Å². The molecule has 2 saturated carbocycles. The van der Waals surface area contributed by atoms with Crippen molar-refractivity contribution in [2.24, 2.45) is 22.7 Å². The molecular weight excluding hydrogens is 806 g/mol. The number of rotatable bonds is 11. The monoisotopic (exact) mass is 869 g/mol. The second kappa shape index (κ2) is 17.0. The summed E-state index contributed by atoms with van der Waals surface area (Å²) in [4.78, 5) is 68.1.